The molecule has 2 aromatic carbocycles. The summed E-state index contributed by atoms with van der Waals surface area (Å²) in [4.78, 5) is 14.7. The van der Waals surface area contributed by atoms with Crippen LogP contribution in [0.4, 0.5) is 5.69 Å². The van der Waals surface area contributed by atoms with Crippen LogP contribution >= 0.6 is 11.7 Å². The zero-order chi connectivity index (χ0) is 20.4. The minimum absolute atomic E-state index is 0.152. The Hall–Kier alpha value is -2.40. The Labute approximate surface area is 173 Å². The molecule has 0 unspecified atom stereocenters. The van der Waals surface area contributed by atoms with E-state index >= 15 is 0 Å². The molecule has 1 N–H and O–H groups in total. The van der Waals surface area contributed by atoms with Crippen molar-refractivity contribution in [2.24, 2.45) is 0 Å². The van der Waals surface area contributed by atoms with Gasteiger partial charge in [0.05, 0.1) is 28.9 Å². The normalized spacial score (nSPS) is 16.2. The number of carbonyl (C=O) groups excluding carboxylic acids is 1. The number of nitrogens with zero attached hydrogens (tertiary/aromatic N) is 4. The highest BCUT2D eigenvalue weighted by Gasteiger charge is 2.29. The Morgan fingerprint density at radius 1 is 1.07 bits per heavy atom. The lowest BCUT2D eigenvalue weighted by Crippen LogP contribution is -2.50. The Kier molecular flexibility index (Phi) is 5.59. The standard InChI is InChI=1S/C19H21N5O3S2/c1-14-5-7-15(8-6-14)29(26,27)24-11-9-23(10-12-24)13-18(25)20-16-3-2-4-17-19(16)22-28-21-17/h2-8H,9-13H2,1H3,(H,20,25). The van der Waals surface area contributed by atoms with Gasteiger partial charge in [0.2, 0.25) is 15.9 Å². The predicted molar refractivity (Wildman–Crippen MR) is 112 cm³/mol. The molecule has 10 heteroatoms. The summed E-state index contributed by atoms with van der Waals surface area (Å²) in [7, 11) is -3.51. The second kappa shape index (κ2) is 8.15. The maximum atomic E-state index is 12.8. The first-order valence-corrected chi connectivity index (χ1v) is 11.4. The number of hydrogen-bond donors (Lipinski definition) is 1. The number of aryl methyl sites for hydroxylation is 1. The number of fused-ring (bicyclic) bond motifs is 1. The van der Waals surface area contributed by atoms with E-state index in [1.54, 1.807) is 30.3 Å². The lowest BCUT2D eigenvalue weighted by molar-refractivity contribution is -0.117. The van der Waals surface area contributed by atoms with Gasteiger partial charge in [0.25, 0.3) is 0 Å². The number of nitrogens with one attached hydrogen (secondary N) is 1. The summed E-state index contributed by atoms with van der Waals surface area (Å²) in [6, 6.07) is 12.3. The van der Waals surface area contributed by atoms with Gasteiger partial charge in [-0.05, 0) is 31.2 Å². The molecule has 1 aliphatic rings. The number of rotatable bonds is 5. The third-order valence-corrected chi connectivity index (χ3v) is 7.37. The van der Waals surface area contributed by atoms with Crippen LogP contribution in [0.3, 0.4) is 0 Å². The fourth-order valence-corrected chi connectivity index (χ4v) is 5.26. The summed E-state index contributed by atoms with van der Waals surface area (Å²) >= 11 is 1.11. The minimum Gasteiger partial charge on any atom is -0.323 e. The van der Waals surface area contributed by atoms with Crippen molar-refractivity contribution in [1.82, 2.24) is 18.0 Å². The Balaban J connectivity index is 1.34. The van der Waals surface area contributed by atoms with Gasteiger partial charge >= 0.3 is 0 Å². The van der Waals surface area contributed by atoms with Crippen LogP contribution in [0.25, 0.3) is 11.0 Å². The van der Waals surface area contributed by atoms with Crippen LogP contribution in [-0.4, -0.2) is 65.0 Å². The predicted octanol–water partition coefficient (Wildman–Crippen LogP) is 1.94. The van der Waals surface area contributed by atoms with Gasteiger partial charge in [-0.2, -0.15) is 13.1 Å². The van der Waals surface area contributed by atoms with Gasteiger partial charge in [-0.1, -0.05) is 23.8 Å². The first-order chi connectivity index (χ1) is 13.9. The third kappa shape index (κ3) is 4.30. The molecule has 1 amide bonds. The summed E-state index contributed by atoms with van der Waals surface area (Å²) in [6.07, 6.45) is 0. The van der Waals surface area contributed by atoms with Crippen LogP contribution in [0.1, 0.15) is 5.56 Å². The van der Waals surface area contributed by atoms with Gasteiger partial charge < -0.3 is 5.32 Å². The van der Waals surface area contributed by atoms with E-state index in [-0.39, 0.29) is 12.5 Å². The molecule has 0 aliphatic carbocycles. The van der Waals surface area contributed by atoms with Crippen molar-refractivity contribution in [2.75, 3.05) is 38.0 Å². The molecule has 0 spiro atoms. The van der Waals surface area contributed by atoms with Gasteiger partial charge in [0.1, 0.15) is 11.0 Å². The van der Waals surface area contributed by atoms with Gasteiger partial charge in [-0.25, -0.2) is 8.42 Å². The maximum absolute atomic E-state index is 12.8. The van der Waals surface area contributed by atoms with Crippen molar-refractivity contribution >= 4 is 44.4 Å². The SMILES string of the molecule is Cc1ccc(S(=O)(=O)N2CCN(CC(=O)Nc3cccc4nsnc34)CC2)cc1. The Bertz CT molecular complexity index is 1120. The zero-order valence-corrected chi connectivity index (χ0v) is 17.5. The van der Waals surface area contributed by atoms with Crippen LogP contribution in [0.15, 0.2) is 47.4 Å². The van der Waals surface area contributed by atoms with E-state index < -0.39 is 10.0 Å². The molecule has 8 nitrogen and oxygen atoms in total. The van der Waals surface area contributed by atoms with Gasteiger partial charge in [-0.15, -0.1) is 0 Å². The number of carbonyl (C=O) groups is 1. The third-order valence-electron chi connectivity index (χ3n) is 4.92. The van der Waals surface area contributed by atoms with Crippen molar-refractivity contribution in [3.8, 4) is 0 Å². The van der Waals surface area contributed by atoms with Gasteiger partial charge in [0.15, 0.2) is 0 Å². The van der Waals surface area contributed by atoms with Crippen molar-refractivity contribution in [3.63, 3.8) is 0 Å². The highest BCUT2D eigenvalue weighted by Crippen LogP contribution is 2.21. The van der Waals surface area contributed by atoms with Crippen LogP contribution < -0.4 is 5.32 Å². The van der Waals surface area contributed by atoms with E-state index in [1.165, 1.54) is 4.31 Å². The maximum Gasteiger partial charge on any atom is 0.243 e. The van der Waals surface area contributed by atoms with Crippen molar-refractivity contribution in [3.05, 3.63) is 48.0 Å². The second-order valence-corrected chi connectivity index (χ2v) is 9.45. The van der Waals surface area contributed by atoms with E-state index in [0.717, 1.165) is 22.8 Å². The van der Waals surface area contributed by atoms with Crippen molar-refractivity contribution < 1.29 is 13.2 Å². The molecule has 4 rings (SSSR count). The molecule has 2 heterocycles. The van der Waals surface area contributed by atoms with Gasteiger partial charge in [0, 0.05) is 26.2 Å². The van der Waals surface area contributed by atoms with E-state index in [1.807, 2.05) is 24.0 Å². The van der Waals surface area contributed by atoms with E-state index in [0.29, 0.717) is 42.3 Å². The summed E-state index contributed by atoms with van der Waals surface area (Å²) in [6.45, 7) is 3.84. The number of aromatic nitrogens is 2. The van der Waals surface area contributed by atoms with Crippen molar-refractivity contribution in [2.45, 2.75) is 11.8 Å². The largest absolute Gasteiger partial charge is 0.323 e. The topological polar surface area (TPSA) is 95.5 Å². The number of sulfonamides is 1. The molecule has 1 aromatic heterocycles. The number of piperazine rings is 1. The molecule has 152 valence electrons. The molecule has 0 atom stereocenters. The van der Waals surface area contributed by atoms with Crippen LogP contribution in [0, 0.1) is 6.92 Å². The Morgan fingerprint density at radius 3 is 2.52 bits per heavy atom. The molecule has 0 saturated carbocycles. The Morgan fingerprint density at radius 2 is 1.79 bits per heavy atom. The number of amides is 1. The number of anilines is 1. The average Bonchev–Trinajstić information content (AvgIpc) is 3.19. The average molecular weight is 432 g/mol. The number of hydrogen-bond acceptors (Lipinski definition) is 7. The quantitative estimate of drug-likeness (QED) is 0.663. The summed E-state index contributed by atoms with van der Waals surface area (Å²) in [5.41, 5.74) is 3.09. The second-order valence-electron chi connectivity index (χ2n) is 6.98. The fraction of sp³-hybridized carbons (Fsp3) is 0.316. The lowest BCUT2D eigenvalue weighted by Gasteiger charge is -2.33. The molecule has 0 radical (unpaired) electrons. The fourth-order valence-electron chi connectivity index (χ4n) is 3.29. The highest BCUT2D eigenvalue weighted by atomic mass is 32.2. The van der Waals surface area contributed by atoms with Crippen LogP contribution in [-0.2, 0) is 14.8 Å². The van der Waals surface area contributed by atoms with Gasteiger partial charge in [-0.3, -0.25) is 9.69 Å². The molecule has 1 saturated heterocycles. The zero-order valence-electron chi connectivity index (χ0n) is 15.9. The lowest BCUT2D eigenvalue weighted by atomic mass is 10.2. The summed E-state index contributed by atoms with van der Waals surface area (Å²) in [5, 5.41) is 2.88. The van der Waals surface area contributed by atoms with Crippen molar-refractivity contribution in [1.29, 1.82) is 0 Å². The molecule has 1 fully saturated rings. The van der Waals surface area contributed by atoms with E-state index in [4.69, 9.17) is 0 Å². The summed E-state index contributed by atoms with van der Waals surface area (Å²) in [5.74, 6) is -0.152. The van der Waals surface area contributed by atoms with Crippen LogP contribution in [0.5, 0.6) is 0 Å². The molecular weight excluding hydrogens is 410 g/mol. The minimum atomic E-state index is -3.51. The highest BCUT2D eigenvalue weighted by molar-refractivity contribution is 7.89. The first kappa shape index (κ1) is 19.9. The monoisotopic (exact) mass is 431 g/mol. The first-order valence-electron chi connectivity index (χ1n) is 9.24. The molecule has 29 heavy (non-hydrogen) atoms. The van der Waals surface area contributed by atoms with E-state index in [9.17, 15) is 13.2 Å². The molecule has 1 aliphatic heterocycles. The number of benzene rings is 2. The smallest absolute Gasteiger partial charge is 0.243 e. The van der Waals surface area contributed by atoms with Crippen LogP contribution in [0.2, 0.25) is 0 Å². The molecule has 0 bridgehead atoms. The van der Waals surface area contributed by atoms with E-state index in [2.05, 4.69) is 14.1 Å². The summed E-state index contributed by atoms with van der Waals surface area (Å²) < 4.78 is 35.4. The molecule has 3 aromatic rings. The molecular formula is C19H21N5O3S2.